The van der Waals surface area contributed by atoms with Gasteiger partial charge < -0.3 is 20.5 Å². The Bertz CT molecular complexity index is 720. The van der Waals surface area contributed by atoms with Gasteiger partial charge in [0.15, 0.2) is 0 Å². The molecule has 1 aliphatic heterocycles. The van der Waals surface area contributed by atoms with E-state index >= 15 is 0 Å². The average Bonchev–Trinajstić information content (AvgIpc) is 2.72. The molecule has 3 N–H and O–H groups in total. The number of rotatable bonds is 4. The highest BCUT2D eigenvalue weighted by Gasteiger charge is 2.38. The minimum atomic E-state index is -0.201. The van der Waals surface area contributed by atoms with E-state index < -0.39 is 0 Å². The van der Waals surface area contributed by atoms with E-state index in [9.17, 15) is 9.90 Å². The van der Waals surface area contributed by atoms with Crippen LogP contribution in [0.5, 0.6) is 5.75 Å². The number of amides is 2. The summed E-state index contributed by atoms with van der Waals surface area (Å²) in [5.41, 5.74) is 2.53. The molecule has 5 heteroatoms. The van der Waals surface area contributed by atoms with Crippen LogP contribution in [0.25, 0.3) is 0 Å². The van der Waals surface area contributed by atoms with E-state index in [4.69, 9.17) is 4.74 Å². The van der Waals surface area contributed by atoms with Gasteiger partial charge in [0.1, 0.15) is 11.9 Å². The first-order valence-corrected chi connectivity index (χ1v) is 11.5. The van der Waals surface area contributed by atoms with Crippen LogP contribution in [-0.2, 0) is 6.42 Å². The summed E-state index contributed by atoms with van der Waals surface area (Å²) < 4.78 is 6.29. The van der Waals surface area contributed by atoms with Gasteiger partial charge in [-0.05, 0) is 67.4 Å². The molecule has 5 unspecified atom stereocenters. The average molecular weight is 401 g/mol. The monoisotopic (exact) mass is 400 g/mol. The third-order valence-corrected chi connectivity index (χ3v) is 7.20. The highest BCUT2D eigenvalue weighted by molar-refractivity contribution is 5.74. The third kappa shape index (κ3) is 4.71. The van der Waals surface area contributed by atoms with Gasteiger partial charge in [0.25, 0.3) is 0 Å². The Morgan fingerprint density at radius 2 is 2.07 bits per heavy atom. The van der Waals surface area contributed by atoms with Crippen LogP contribution in [0.15, 0.2) is 18.2 Å². The Morgan fingerprint density at radius 1 is 1.21 bits per heavy atom. The molecule has 1 aromatic rings. The van der Waals surface area contributed by atoms with Crippen LogP contribution in [0.2, 0.25) is 0 Å². The van der Waals surface area contributed by atoms with Gasteiger partial charge in [0, 0.05) is 6.04 Å². The fourth-order valence-corrected chi connectivity index (χ4v) is 5.60. The number of benzene rings is 1. The zero-order valence-corrected chi connectivity index (χ0v) is 17.8. The van der Waals surface area contributed by atoms with Crippen LogP contribution in [0, 0.1) is 11.8 Å². The van der Waals surface area contributed by atoms with Gasteiger partial charge in [-0.2, -0.15) is 0 Å². The molecule has 2 aliphatic carbocycles. The second-order valence-corrected chi connectivity index (χ2v) is 9.55. The molecule has 160 valence electrons. The summed E-state index contributed by atoms with van der Waals surface area (Å²) in [4.78, 5) is 12.6. The molecule has 2 fully saturated rings. The lowest BCUT2D eigenvalue weighted by molar-refractivity contribution is 0.0334. The highest BCUT2D eigenvalue weighted by Crippen LogP contribution is 2.40. The van der Waals surface area contributed by atoms with Gasteiger partial charge in [0.05, 0.1) is 12.6 Å². The van der Waals surface area contributed by atoms with Crippen molar-refractivity contribution in [2.24, 2.45) is 11.8 Å². The number of fused-ring (bicyclic) bond motifs is 2. The minimum Gasteiger partial charge on any atom is -0.488 e. The summed E-state index contributed by atoms with van der Waals surface area (Å²) in [5, 5.41) is 16.3. The van der Waals surface area contributed by atoms with Crippen LogP contribution >= 0.6 is 0 Å². The molecule has 0 bridgehead atoms. The van der Waals surface area contributed by atoms with Gasteiger partial charge in [-0.25, -0.2) is 4.79 Å². The summed E-state index contributed by atoms with van der Waals surface area (Å²) in [7, 11) is 0. The maximum atomic E-state index is 12.6. The Balaban J connectivity index is 1.30. The number of aliphatic hydroxyl groups is 1. The smallest absolute Gasteiger partial charge is 0.315 e. The number of carbonyl (C=O) groups excluding carboxylic acids is 1. The molecular formula is C24H36N2O3. The van der Waals surface area contributed by atoms with Crippen molar-refractivity contribution in [3.63, 3.8) is 0 Å². The highest BCUT2D eigenvalue weighted by atomic mass is 16.5. The van der Waals surface area contributed by atoms with Crippen LogP contribution in [-0.4, -0.2) is 35.9 Å². The molecule has 0 aromatic heterocycles. The summed E-state index contributed by atoms with van der Waals surface area (Å²) in [6.45, 7) is 4.91. The van der Waals surface area contributed by atoms with Crippen molar-refractivity contribution in [2.45, 2.75) is 89.4 Å². The molecular weight excluding hydrogens is 364 g/mol. The van der Waals surface area contributed by atoms with Gasteiger partial charge in [-0.1, -0.05) is 44.9 Å². The quantitative estimate of drug-likeness (QED) is 0.712. The number of aliphatic hydroxyl groups excluding tert-OH is 1. The fourth-order valence-electron chi connectivity index (χ4n) is 5.60. The van der Waals surface area contributed by atoms with Crippen LogP contribution in [0.1, 0.15) is 75.8 Å². The predicted octanol–water partition coefficient (Wildman–Crippen LogP) is 4.13. The standard InChI is InChI=1S/C24H36N2O3/c1-15(2)20-7-3-6-17-10-12-19(29-23(17)20)14-25-24(28)26-22-8-4-5-16-9-11-18(27)13-21(16)22/h3,6-7,15-16,18-19,21-22,27H,4-5,8-14H2,1-2H3,(H2,25,26,28). The maximum absolute atomic E-state index is 12.6. The van der Waals surface area contributed by atoms with E-state index in [0.29, 0.717) is 24.3 Å². The molecule has 4 rings (SSSR count). The van der Waals surface area contributed by atoms with E-state index in [-0.39, 0.29) is 24.3 Å². The molecule has 5 atom stereocenters. The summed E-state index contributed by atoms with van der Waals surface area (Å²) in [5.74, 6) is 2.52. The molecule has 29 heavy (non-hydrogen) atoms. The SMILES string of the molecule is CC(C)c1cccc2c1OC(CNC(=O)NC1CCCC3CCC(O)CC31)CC2. The number of para-hydroxylation sites is 1. The summed E-state index contributed by atoms with van der Waals surface area (Å²) in [6.07, 6.45) is 8.01. The lowest BCUT2D eigenvalue weighted by Gasteiger charge is -2.43. The van der Waals surface area contributed by atoms with Gasteiger partial charge in [-0.3, -0.25) is 0 Å². The van der Waals surface area contributed by atoms with Gasteiger partial charge in [0.2, 0.25) is 0 Å². The molecule has 1 aromatic carbocycles. The van der Waals surface area contributed by atoms with Crippen molar-refractivity contribution < 1.29 is 14.6 Å². The van der Waals surface area contributed by atoms with Crippen molar-refractivity contribution in [1.82, 2.24) is 10.6 Å². The van der Waals surface area contributed by atoms with E-state index in [1.54, 1.807) is 0 Å². The zero-order valence-electron chi connectivity index (χ0n) is 17.8. The second-order valence-electron chi connectivity index (χ2n) is 9.55. The lowest BCUT2D eigenvalue weighted by atomic mass is 9.67. The molecule has 1 heterocycles. The van der Waals surface area contributed by atoms with Crippen LogP contribution in [0.4, 0.5) is 4.79 Å². The first-order valence-electron chi connectivity index (χ1n) is 11.5. The molecule has 2 amide bonds. The van der Waals surface area contributed by atoms with E-state index in [2.05, 4.69) is 42.7 Å². The third-order valence-electron chi connectivity index (χ3n) is 7.20. The largest absolute Gasteiger partial charge is 0.488 e. The second kappa shape index (κ2) is 8.95. The van der Waals surface area contributed by atoms with Crippen molar-refractivity contribution in [2.75, 3.05) is 6.54 Å². The predicted molar refractivity (Wildman–Crippen MR) is 114 cm³/mol. The normalized spacial score (nSPS) is 31.4. The van der Waals surface area contributed by atoms with Crippen LogP contribution in [0.3, 0.4) is 0 Å². The maximum Gasteiger partial charge on any atom is 0.315 e. The Morgan fingerprint density at radius 3 is 2.90 bits per heavy atom. The van der Waals surface area contributed by atoms with Crippen LogP contribution < -0.4 is 15.4 Å². The van der Waals surface area contributed by atoms with E-state index in [1.807, 2.05) is 0 Å². The fraction of sp³-hybridized carbons (Fsp3) is 0.708. The van der Waals surface area contributed by atoms with Crippen molar-refractivity contribution >= 4 is 6.03 Å². The van der Waals surface area contributed by atoms with Gasteiger partial charge >= 0.3 is 6.03 Å². The number of hydrogen-bond donors (Lipinski definition) is 3. The van der Waals surface area contributed by atoms with E-state index in [1.165, 1.54) is 24.0 Å². The first kappa shape index (κ1) is 20.5. The minimum absolute atomic E-state index is 0.0174. The number of ether oxygens (including phenoxy) is 1. The van der Waals surface area contributed by atoms with E-state index in [0.717, 1.165) is 44.3 Å². The Kier molecular flexibility index (Phi) is 6.33. The number of hydrogen-bond acceptors (Lipinski definition) is 3. The molecule has 3 aliphatic rings. The number of nitrogens with one attached hydrogen (secondary N) is 2. The van der Waals surface area contributed by atoms with Crippen molar-refractivity contribution in [1.29, 1.82) is 0 Å². The number of aryl methyl sites for hydroxylation is 1. The number of carbonyl (C=O) groups is 1. The van der Waals surface area contributed by atoms with Crippen molar-refractivity contribution in [3.8, 4) is 5.75 Å². The molecule has 2 saturated carbocycles. The molecule has 0 radical (unpaired) electrons. The van der Waals surface area contributed by atoms with Gasteiger partial charge in [-0.15, -0.1) is 0 Å². The molecule has 0 spiro atoms. The summed E-state index contributed by atoms with van der Waals surface area (Å²) in [6, 6.07) is 6.50. The molecule has 5 nitrogen and oxygen atoms in total. The lowest BCUT2D eigenvalue weighted by Crippen LogP contribution is -2.52. The zero-order chi connectivity index (χ0) is 20.4. The number of urea groups is 1. The topological polar surface area (TPSA) is 70.6 Å². The Labute approximate surface area is 174 Å². The first-order chi connectivity index (χ1) is 14.0. The summed E-state index contributed by atoms with van der Waals surface area (Å²) >= 11 is 0. The molecule has 0 saturated heterocycles. The Hall–Kier alpha value is -1.75. The van der Waals surface area contributed by atoms with Crippen molar-refractivity contribution in [3.05, 3.63) is 29.3 Å².